The van der Waals surface area contributed by atoms with Crippen LogP contribution in [0.25, 0.3) is 43.1 Å². The topological polar surface area (TPSA) is 184 Å². The first-order valence-electron chi connectivity index (χ1n) is 9.18. The quantitative estimate of drug-likeness (QED) is 0.148. The van der Waals surface area contributed by atoms with Crippen LogP contribution in [0.3, 0.4) is 0 Å². The molecule has 12 nitrogen and oxygen atoms in total. The molecule has 0 fully saturated rings. The molecule has 0 amide bonds. The van der Waals surface area contributed by atoms with Crippen LogP contribution in [0.1, 0.15) is 0 Å². The predicted molar refractivity (Wildman–Crippen MR) is 123 cm³/mol. The summed E-state index contributed by atoms with van der Waals surface area (Å²) in [5.74, 6) is 0. The van der Waals surface area contributed by atoms with Crippen LogP contribution in [0.15, 0.2) is 62.6 Å². The Morgan fingerprint density at radius 3 is 0.838 bits per heavy atom. The van der Waals surface area contributed by atoms with Crippen molar-refractivity contribution in [2.75, 3.05) is 0 Å². The van der Waals surface area contributed by atoms with Crippen LogP contribution in [0, 0.1) is 7.43 Å². The molecule has 6 rings (SSSR count). The zero-order valence-corrected chi connectivity index (χ0v) is 27.6. The van der Waals surface area contributed by atoms with Crippen molar-refractivity contribution in [1.82, 2.24) is 19.5 Å². The number of hydrogen-bond acceptors (Lipinski definition) is 8. The van der Waals surface area contributed by atoms with Gasteiger partial charge in [-0.15, -0.1) is 0 Å². The Kier molecular flexibility index (Phi) is 10.8. The van der Waals surface area contributed by atoms with Gasteiger partial charge >= 0.3 is 0 Å². The molecule has 2 aromatic carbocycles. The number of rotatable bonds is 0. The van der Waals surface area contributed by atoms with E-state index >= 15 is 0 Å². The molecule has 0 aliphatic heterocycles. The zero-order valence-electron chi connectivity index (χ0n) is 19.1. The Morgan fingerprint density at radius 1 is 0.432 bits per heavy atom. The first-order chi connectivity index (χ1) is 15.6. The van der Waals surface area contributed by atoms with Gasteiger partial charge in [0.25, 0.3) is 11.1 Å². The van der Waals surface area contributed by atoms with Crippen molar-refractivity contribution >= 4 is 43.1 Å². The van der Waals surface area contributed by atoms with E-state index in [2.05, 4.69) is 15.0 Å². The fourth-order valence-electron chi connectivity index (χ4n) is 3.71. The minimum absolute atomic E-state index is 0. The van der Waals surface area contributed by atoms with Gasteiger partial charge in [-0.3, -0.25) is 14.2 Å². The van der Waals surface area contributed by atoms with Crippen molar-refractivity contribution in [1.29, 1.82) is 0 Å². The summed E-state index contributed by atoms with van der Waals surface area (Å²) < 4.78 is 0.950. The molecule has 0 unspecified atom stereocenters. The van der Waals surface area contributed by atoms with Crippen molar-refractivity contribution < 1.29 is 98.1 Å². The molecule has 37 heavy (non-hydrogen) atoms. The summed E-state index contributed by atoms with van der Waals surface area (Å²) >= 11 is 0. The Labute approximate surface area is 278 Å². The van der Waals surface area contributed by atoms with Crippen molar-refractivity contribution in [2.24, 2.45) is 7.05 Å². The van der Waals surface area contributed by atoms with Gasteiger partial charge in [0.1, 0.15) is 0 Å². The second-order valence-electron chi connectivity index (χ2n) is 7.22. The fraction of sp³-hybridized carbons (Fsp3) is 0.0455. The zero-order chi connectivity index (χ0) is 23.8. The van der Waals surface area contributed by atoms with E-state index in [0.29, 0.717) is 0 Å². The average Bonchev–Trinajstić information content (AvgIpc) is 3.40. The number of hydrogen-bond donors (Lipinski definition) is 0. The van der Waals surface area contributed by atoms with E-state index < -0.39 is 44.5 Å². The van der Waals surface area contributed by atoms with E-state index in [1.54, 1.807) is 0 Å². The molecule has 179 valence electrons. The summed E-state index contributed by atoms with van der Waals surface area (Å²) in [6.07, 6.45) is 0. The Bertz CT molecular complexity index is 2000. The van der Waals surface area contributed by atoms with E-state index in [1.165, 1.54) is 31.3 Å². The molecule has 0 N–H and O–H groups in total. The van der Waals surface area contributed by atoms with Crippen LogP contribution in [-0.4, -0.2) is 4.57 Å². The third-order valence-electron chi connectivity index (χ3n) is 5.38. The van der Waals surface area contributed by atoms with Gasteiger partial charge in [0.2, 0.25) is 0 Å². The van der Waals surface area contributed by atoms with Gasteiger partial charge in [-0.1, -0.05) is 0 Å². The summed E-state index contributed by atoms with van der Waals surface area (Å²) in [5, 5.41) is 0.701. The molecular formula is C22H10N4O8Y3-4. The third kappa shape index (κ3) is 5.29. The second kappa shape index (κ2) is 12.0. The van der Waals surface area contributed by atoms with Gasteiger partial charge in [0.15, 0.2) is 0 Å². The summed E-state index contributed by atoms with van der Waals surface area (Å²) in [6.45, 7) is 0. The molecule has 0 saturated heterocycles. The Morgan fingerprint density at radius 2 is 0.622 bits per heavy atom. The molecule has 0 atom stereocenters. The number of fused-ring (bicyclic) bond motifs is 4. The van der Waals surface area contributed by atoms with Gasteiger partial charge in [-0.25, -0.2) is 0 Å². The first-order valence-corrected chi connectivity index (χ1v) is 9.18. The normalized spacial score (nSPS) is 10.3. The van der Waals surface area contributed by atoms with Crippen LogP contribution in [0.4, 0.5) is 0 Å². The largest absolute Gasteiger partial charge is 0.587 e. The SMILES string of the molecule is Cn1c(=O)c2cc3c(=O)[n-]c(=O)c3cc2c1=O.O=c1[n-]c(=O)c2cc3c(=O)[n-]c(=O)c3cc12.[CH3-].[Y].[Y].[Y]. The molecule has 0 spiro atoms. The molecule has 0 bridgehead atoms. The van der Waals surface area contributed by atoms with E-state index in [-0.39, 0.29) is 149 Å². The number of nitrogens with zero attached hydrogens (tertiary/aromatic N) is 4. The standard InChI is InChI=1S/C11H6N2O4.C10H4N2O4.CH3.3Y/c1-13-10(16)6-2-4-5(3-7(6)11(13)17)9(15)12-8(4)14;13-7-3-1-4-6(10(16)12-8(4)14)2-5(3)9(15)11-7;;;;/h2-3H,1H3,(H,12,14,15);1-2H,(H2,11,12,13,14,15,16);1H3;;;/q;;-1;;;/p-3. The van der Waals surface area contributed by atoms with Gasteiger partial charge in [-0.2, -0.15) is 0 Å². The van der Waals surface area contributed by atoms with Gasteiger partial charge in [-0.05, 0) is 24.3 Å². The molecule has 3 radical (unpaired) electrons. The van der Waals surface area contributed by atoms with Gasteiger partial charge in [0.05, 0.1) is 44.1 Å². The van der Waals surface area contributed by atoms with Crippen molar-refractivity contribution in [3.05, 3.63) is 115 Å². The third-order valence-corrected chi connectivity index (χ3v) is 5.38. The molecule has 15 heteroatoms. The van der Waals surface area contributed by atoms with Gasteiger partial charge in [0, 0.05) is 137 Å². The second-order valence-corrected chi connectivity index (χ2v) is 7.22. The summed E-state index contributed by atoms with van der Waals surface area (Å²) in [4.78, 5) is 101. The van der Waals surface area contributed by atoms with Crippen molar-refractivity contribution in [2.45, 2.75) is 0 Å². The summed E-state index contributed by atoms with van der Waals surface area (Å²) in [5.41, 5.74) is -5.01. The Hall–Kier alpha value is -1.69. The van der Waals surface area contributed by atoms with E-state index in [1.807, 2.05) is 0 Å². The smallest absolute Gasteiger partial charge is 0.261 e. The fourth-order valence-corrected chi connectivity index (χ4v) is 3.71. The van der Waals surface area contributed by atoms with Crippen molar-refractivity contribution in [3.63, 3.8) is 0 Å². The number of aromatic nitrogens is 4. The predicted octanol–water partition coefficient (Wildman–Crippen LogP) is -2.73. The monoisotopic (exact) mass is 725 g/mol. The molecule has 4 heterocycles. The minimum Gasteiger partial charge on any atom is -0.587 e. The van der Waals surface area contributed by atoms with E-state index in [0.717, 1.165) is 4.57 Å². The van der Waals surface area contributed by atoms with Crippen LogP contribution in [0.2, 0.25) is 0 Å². The Balaban J connectivity index is 0.000000334. The maximum absolute atomic E-state index is 11.7. The maximum atomic E-state index is 11.7. The van der Waals surface area contributed by atoms with Crippen LogP contribution in [0.5, 0.6) is 0 Å². The van der Waals surface area contributed by atoms with Crippen LogP contribution < -0.4 is 59.4 Å². The first kappa shape index (κ1) is 33.3. The summed E-state index contributed by atoms with van der Waals surface area (Å²) in [6, 6.07) is 4.95. The molecule has 0 aliphatic carbocycles. The van der Waals surface area contributed by atoms with Crippen LogP contribution in [-0.2, 0) is 105 Å². The average molecular weight is 725 g/mol. The van der Waals surface area contributed by atoms with Gasteiger partial charge < -0.3 is 51.1 Å². The minimum atomic E-state index is -0.685. The number of benzene rings is 2. The molecule has 0 saturated carbocycles. The molecule has 4 aromatic heterocycles. The molecular weight excluding hydrogens is 715 g/mol. The van der Waals surface area contributed by atoms with Crippen LogP contribution >= 0.6 is 0 Å². The molecule has 0 aliphatic rings. The molecule has 6 aromatic rings. The van der Waals surface area contributed by atoms with Crippen molar-refractivity contribution in [3.8, 4) is 0 Å². The van der Waals surface area contributed by atoms with E-state index in [4.69, 9.17) is 0 Å². The summed E-state index contributed by atoms with van der Waals surface area (Å²) in [7, 11) is 1.35. The van der Waals surface area contributed by atoms with E-state index in [9.17, 15) is 38.4 Å². The maximum Gasteiger partial charge on any atom is 0.261 e.